The fourth-order valence-electron chi connectivity index (χ4n) is 3.77. The highest BCUT2D eigenvalue weighted by atomic mass is 16.2. The molecule has 1 aliphatic carbocycles. The van der Waals surface area contributed by atoms with Gasteiger partial charge in [-0.05, 0) is 43.9 Å². The number of carbonyl (C=O) groups excluding carboxylic acids is 2. The molecule has 1 aromatic rings. The van der Waals surface area contributed by atoms with E-state index in [-0.39, 0.29) is 18.0 Å². The minimum atomic E-state index is -0.197. The molecule has 26 heavy (non-hydrogen) atoms. The number of rotatable bonds is 4. The molecule has 142 valence electrons. The Labute approximate surface area is 155 Å². The standard InChI is InChI=1S/C20H30N4O2/c1-23(2)20(26)22-16-10-11-18(24-12-6-7-13-24)17(14-16)19(25)21-15-8-4-3-5-9-15/h10-11,14-15H,3-9,12-13H2,1-2H3,(H,21,25)(H,22,26). The molecular weight excluding hydrogens is 328 g/mol. The largest absolute Gasteiger partial charge is 0.371 e. The molecule has 2 N–H and O–H groups in total. The maximum Gasteiger partial charge on any atom is 0.321 e. The van der Waals surface area contributed by atoms with E-state index in [1.165, 1.54) is 24.2 Å². The Bertz CT molecular complexity index is 647. The molecule has 0 aromatic heterocycles. The third-order valence-electron chi connectivity index (χ3n) is 5.29. The fraction of sp³-hybridized carbons (Fsp3) is 0.600. The van der Waals surface area contributed by atoms with Crippen LogP contribution < -0.4 is 15.5 Å². The van der Waals surface area contributed by atoms with E-state index in [1.807, 2.05) is 18.2 Å². The molecule has 0 bridgehead atoms. The van der Waals surface area contributed by atoms with E-state index in [4.69, 9.17) is 0 Å². The first-order valence-corrected chi connectivity index (χ1v) is 9.73. The van der Waals surface area contributed by atoms with Crippen LogP contribution in [0.2, 0.25) is 0 Å². The molecule has 1 aromatic carbocycles. The van der Waals surface area contributed by atoms with Crippen molar-refractivity contribution in [3.63, 3.8) is 0 Å². The molecule has 0 spiro atoms. The van der Waals surface area contributed by atoms with Crippen LogP contribution in [0.15, 0.2) is 18.2 Å². The van der Waals surface area contributed by atoms with E-state index >= 15 is 0 Å². The minimum Gasteiger partial charge on any atom is -0.371 e. The Balaban J connectivity index is 1.82. The quantitative estimate of drug-likeness (QED) is 0.866. The Morgan fingerprint density at radius 1 is 1.04 bits per heavy atom. The highest BCUT2D eigenvalue weighted by molar-refractivity contribution is 6.02. The first-order valence-electron chi connectivity index (χ1n) is 9.73. The van der Waals surface area contributed by atoms with Gasteiger partial charge < -0.3 is 20.4 Å². The van der Waals surface area contributed by atoms with E-state index in [0.717, 1.165) is 44.5 Å². The Morgan fingerprint density at radius 2 is 1.73 bits per heavy atom. The van der Waals surface area contributed by atoms with Gasteiger partial charge in [-0.1, -0.05) is 19.3 Å². The summed E-state index contributed by atoms with van der Waals surface area (Å²) < 4.78 is 0. The maximum atomic E-state index is 13.0. The molecule has 3 amide bonds. The lowest BCUT2D eigenvalue weighted by atomic mass is 9.95. The van der Waals surface area contributed by atoms with Gasteiger partial charge in [0.05, 0.1) is 5.56 Å². The third-order valence-corrected chi connectivity index (χ3v) is 5.29. The third kappa shape index (κ3) is 4.48. The summed E-state index contributed by atoms with van der Waals surface area (Å²) in [6.07, 6.45) is 8.05. The topological polar surface area (TPSA) is 64.7 Å². The normalized spacial score (nSPS) is 17.8. The summed E-state index contributed by atoms with van der Waals surface area (Å²) in [6.45, 7) is 1.96. The Morgan fingerprint density at radius 3 is 2.38 bits per heavy atom. The van der Waals surface area contributed by atoms with Gasteiger partial charge in [0.1, 0.15) is 0 Å². The molecule has 3 rings (SSSR count). The van der Waals surface area contributed by atoms with Crippen molar-refractivity contribution in [2.75, 3.05) is 37.4 Å². The number of amides is 3. The Kier molecular flexibility index (Phi) is 6.01. The van der Waals surface area contributed by atoms with Crippen LogP contribution in [0.3, 0.4) is 0 Å². The lowest BCUT2D eigenvalue weighted by Crippen LogP contribution is -2.37. The molecule has 6 nitrogen and oxygen atoms in total. The number of urea groups is 1. The second-order valence-corrected chi connectivity index (χ2v) is 7.56. The number of nitrogens with one attached hydrogen (secondary N) is 2. The number of anilines is 2. The van der Waals surface area contributed by atoms with Crippen LogP contribution in [-0.4, -0.2) is 50.1 Å². The number of hydrogen-bond donors (Lipinski definition) is 2. The van der Waals surface area contributed by atoms with E-state index < -0.39 is 0 Å². The first kappa shape index (κ1) is 18.5. The number of nitrogens with zero attached hydrogens (tertiary/aromatic N) is 2. The van der Waals surface area contributed by atoms with Gasteiger partial charge in [0.25, 0.3) is 5.91 Å². The summed E-state index contributed by atoms with van der Waals surface area (Å²) in [5.41, 5.74) is 2.29. The van der Waals surface area contributed by atoms with Gasteiger partial charge in [-0.25, -0.2) is 4.79 Å². The summed E-state index contributed by atoms with van der Waals surface area (Å²) in [5.74, 6) is -0.0280. The van der Waals surface area contributed by atoms with Crippen LogP contribution in [0.5, 0.6) is 0 Å². The van der Waals surface area contributed by atoms with Crippen molar-refractivity contribution < 1.29 is 9.59 Å². The highest BCUT2D eigenvalue weighted by Crippen LogP contribution is 2.28. The van der Waals surface area contributed by atoms with Crippen molar-refractivity contribution in [2.24, 2.45) is 0 Å². The molecule has 1 saturated heterocycles. The number of carbonyl (C=O) groups is 2. The summed E-state index contributed by atoms with van der Waals surface area (Å²) >= 11 is 0. The second kappa shape index (κ2) is 8.43. The summed E-state index contributed by atoms with van der Waals surface area (Å²) in [7, 11) is 3.40. The van der Waals surface area contributed by atoms with Gasteiger partial charge in [0.15, 0.2) is 0 Å². The fourth-order valence-corrected chi connectivity index (χ4v) is 3.77. The predicted octanol–water partition coefficient (Wildman–Crippen LogP) is 3.44. The van der Waals surface area contributed by atoms with Crippen molar-refractivity contribution in [3.05, 3.63) is 23.8 Å². The summed E-state index contributed by atoms with van der Waals surface area (Å²) in [6, 6.07) is 5.73. The molecule has 0 atom stereocenters. The second-order valence-electron chi connectivity index (χ2n) is 7.56. The first-order chi connectivity index (χ1) is 12.5. The van der Waals surface area contributed by atoms with Crippen LogP contribution in [0.1, 0.15) is 55.3 Å². The zero-order valence-corrected chi connectivity index (χ0v) is 15.9. The number of hydrogen-bond acceptors (Lipinski definition) is 3. The monoisotopic (exact) mass is 358 g/mol. The molecule has 2 aliphatic rings. The van der Waals surface area contributed by atoms with Gasteiger partial charge in [-0.2, -0.15) is 0 Å². The van der Waals surface area contributed by atoms with Gasteiger partial charge >= 0.3 is 6.03 Å². The maximum absolute atomic E-state index is 13.0. The van der Waals surface area contributed by atoms with E-state index in [2.05, 4.69) is 15.5 Å². The zero-order chi connectivity index (χ0) is 18.5. The lowest BCUT2D eigenvalue weighted by Gasteiger charge is -2.26. The van der Waals surface area contributed by atoms with E-state index in [0.29, 0.717) is 11.3 Å². The minimum absolute atomic E-state index is 0.0280. The molecule has 6 heteroatoms. The van der Waals surface area contributed by atoms with Crippen molar-refractivity contribution in [1.82, 2.24) is 10.2 Å². The van der Waals surface area contributed by atoms with E-state index in [1.54, 1.807) is 14.1 Å². The molecule has 1 saturated carbocycles. The average molecular weight is 358 g/mol. The zero-order valence-electron chi connectivity index (χ0n) is 15.9. The average Bonchev–Trinajstić information content (AvgIpc) is 3.17. The lowest BCUT2D eigenvalue weighted by molar-refractivity contribution is 0.0928. The van der Waals surface area contributed by atoms with Crippen molar-refractivity contribution >= 4 is 23.3 Å². The van der Waals surface area contributed by atoms with Gasteiger partial charge in [0, 0.05) is 44.6 Å². The molecular formula is C20H30N4O2. The van der Waals surface area contributed by atoms with Crippen molar-refractivity contribution in [3.8, 4) is 0 Å². The van der Waals surface area contributed by atoms with Gasteiger partial charge in [-0.15, -0.1) is 0 Å². The molecule has 0 unspecified atom stereocenters. The highest BCUT2D eigenvalue weighted by Gasteiger charge is 2.23. The molecule has 1 aliphatic heterocycles. The van der Waals surface area contributed by atoms with E-state index in [9.17, 15) is 9.59 Å². The predicted molar refractivity (Wildman–Crippen MR) is 105 cm³/mol. The molecule has 0 radical (unpaired) electrons. The smallest absolute Gasteiger partial charge is 0.321 e. The van der Waals surface area contributed by atoms with Gasteiger partial charge in [-0.3, -0.25) is 4.79 Å². The SMILES string of the molecule is CN(C)C(=O)Nc1ccc(N2CCCC2)c(C(=O)NC2CCCCC2)c1. The van der Waals surface area contributed by atoms with Gasteiger partial charge in [0.2, 0.25) is 0 Å². The Hall–Kier alpha value is -2.24. The van der Waals surface area contributed by atoms with Crippen LogP contribution in [0, 0.1) is 0 Å². The van der Waals surface area contributed by atoms with Crippen LogP contribution in [0.4, 0.5) is 16.2 Å². The van der Waals surface area contributed by atoms with Crippen LogP contribution in [0.25, 0.3) is 0 Å². The van der Waals surface area contributed by atoms with Crippen LogP contribution >= 0.6 is 0 Å². The molecule has 2 fully saturated rings. The summed E-state index contributed by atoms with van der Waals surface area (Å²) in [5, 5.41) is 6.06. The molecule has 1 heterocycles. The van der Waals surface area contributed by atoms with Crippen LogP contribution in [-0.2, 0) is 0 Å². The number of benzene rings is 1. The van der Waals surface area contributed by atoms with Crippen molar-refractivity contribution in [2.45, 2.75) is 51.0 Å². The summed E-state index contributed by atoms with van der Waals surface area (Å²) in [4.78, 5) is 28.7. The van der Waals surface area contributed by atoms with Crippen molar-refractivity contribution in [1.29, 1.82) is 0 Å².